The third-order valence-corrected chi connectivity index (χ3v) is 4.22. The van der Waals surface area contributed by atoms with E-state index in [2.05, 4.69) is 10.6 Å². The summed E-state index contributed by atoms with van der Waals surface area (Å²) in [5.74, 6) is 0.132. The highest BCUT2D eigenvalue weighted by atomic mass is 35.5. The molecular weight excluding hydrogens is 256 g/mol. The molecule has 0 spiro atoms. The average Bonchev–Trinajstić information content (AvgIpc) is 2.76. The minimum Gasteiger partial charge on any atom is -0.354 e. The SMILES string of the molecule is O=C(NCCc1ccc(Cl)s1)[C@@H]1CCCCN1. The molecule has 1 saturated heterocycles. The van der Waals surface area contributed by atoms with Gasteiger partial charge in [-0.25, -0.2) is 0 Å². The van der Waals surface area contributed by atoms with Gasteiger partial charge in [-0.2, -0.15) is 0 Å². The van der Waals surface area contributed by atoms with Crippen LogP contribution in [0.2, 0.25) is 4.34 Å². The summed E-state index contributed by atoms with van der Waals surface area (Å²) in [6.07, 6.45) is 4.13. The number of halogens is 1. The molecule has 5 heteroatoms. The van der Waals surface area contributed by atoms with Crippen LogP contribution in [0.3, 0.4) is 0 Å². The van der Waals surface area contributed by atoms with Crippen molar-refractivity contribution in [1.29, 1.82) is 0 Å². The number of piperidine rings is 1. The Labute approximate surface area is 111 Å². The predicted octanol–water partition coefficient (Wildman–Crippen LogP) is 2.20. The monoisotopic (exact) mass is 272 g/mol. The van der Waals surface area contributed by atoms with Crippen LogP contribution in [0.4, 0.5) is 0 Å². The third-order valence-electron chi connectivity index (χ3n) is 2.93. The molecule has 2 N–H and O–H groups in total. The van der Waals surface area contributed by atoms with E-state index in [4.69, 9.17) is 11.6 Å². The fraction of sp³-hybridized carbons (Fsp3) is 0.583. The van der Waals surface area contributed by atoms with E-state index in [0.29, 0.717) is 6.54 Å². The number of rotatable bonds is 4. The summed E-state index contributed by atoms with van der Waals surface area (Å²) in [4.78, 5) is 13.0. The van der Waals surface area contributed by atoms with E-state index in [1.807, 2.05) is 12.1 Å². The second-order valence-corrected chi connectivity index (χ2v) is 6.05. The maximum atomic E-state index is 11.8. The van der Waals surface area contributed by atoms with Crippen molar-refractivity contribution in [2.45, 2.75) is 31.7 Å². The van der Waals surface area contributed by atoms with Crippen molar-refractivity contribution in [2.24, 2.45) is 0 Å². The third kappa shape index (κ3) is 3.98. The van der Waals surface area contributed by atoms with E-state index in [9.17, 15) is 4.79 Å². The van der Waals surface area contributed by atoms with Crippen molar-refractivity contribution < 1.29 is 4.79 Å². The number of hydrogen-bond acceptors (Lipinski definition) is 3. The zero-order chi connectivity index (χ0) is 12.1. The minimum atomic E-state index is 0.00988. The molecule has 2 heterocycles. The Kier molecular flexibility index (Phi) is 4.83. The highest BCUT2D eigenvalue weighted by Crippen LogP contribution is 2.21. The van der Waals surface area contributed by atoms with Gasteiger partial charge >= 0.3 is 0 Å². The van der Waals surface area contributed by atoms with E-state index in [-0.39, 0.29) is 11.9 Å². The summed E-state index contributed by atoms with van der Waals surface area (Å²) < 4.78 is 0.806. The summed E-state index contributed by atoms with van der Waals surface area (Å²) >= 11 is 7.42. The van der Waals surface area contributed by atoms with Crippen molar-refractivity contribution in [3.05, 3.63) is 21.3 Å². The first-order valence-corrected chi connectivity index (χ1v) is 7.20. The Morgan fingerprint density at radius 3 is 3.06 bits per heavy atom. The lowest BCUT2D eigenvalue weighted by atomic mass is 10.0. The lowest BCUT2D eigenvalue weighted by Crippen LogP contribution is -2.47. The molecule has 1 aliphatic heterocycles. The molecule has 1 aromatic heterocycles. The standard InChI is InChI=1S/C12H17ClN2OS/c13-11-5-4-9(17-11)6-8-15-12(16)10-3-1-2-7-14-10/h4-5,10,14H,1-3,6-8H2,(H,15,16)/t10-/m0/s1. The second-order valence-electron chi connectivity index (χ2n) is 4.25. The van der Waals surface area contributed by atoms with Crippen LogP contribution < -0.4 is 10.6 Å². The molecule has 3 nitrogen and oxygen atoms in total. The van der Waals surface area contributed by atoms with Crippen LogP contribution >= 0.6 is 22.9 Å². The fourth-order valence-electron chi connectivity index (χ4n) is 1.99. The van der Waals surface area contributed by atoms with Crippen molar-refractivity contribution in [1.82, 2.24) is 10.6 Å². The first-order chi connectivity index (χ1) is 8.25. The van der Waals surface area contributed by atoms with Gasteiger partial charge in [0.05, 0.1) is 10.4 Å². The highest BCUT2D eigenvalue weighted by molar-refractivity contribution is 7.16. The van der Waals surface area contributed by atoms with Crippen molar-refractivity contribution in [3.63, 3.8) is 0 Å². The topological polar surface area (TPSA) is 41.1 Å². The molecule has 0 radical (unpaired) electrons. The quantitative estimate of drug-likeness (QED) is 0.882. The number of amides is 1. The first-order valence-electron chi connectivity index (χ1n) is 6.01. The van der Waals surface area contributed by atoms with Gasteiger partial charge in [0.15, 0.2) is 0 Å². The Morgan fingerprint density at radius 1 is 1.53 bits per heavy atom. The average molecular weight is 273 g/mol. The van der Waals surface area contributed by atoms with Gasteiger partial charge in [-0.05, 0) is 37.9 Å². The maximum absolute atomic E-state index is 11.8. The molecule has 0 aromatic carbocycles. The van der Waals surface area contributed by atoms with Gasteiger partial charge in [0.1, 0.15) is 0 Å². The molecule has 1 atom stereocenters. The largest absolute Gasteiger partial charge is 0.354 e. The molecule has 94 valence electrons. The minimum absolute atomic E-state index is 0.00988. The van der Waals surface area contributed by atoms with Crippen LogP contribution in [0.5, 0.6) is 0 Å². The van der Waals surface area contributed by atoms with Gasteiger partial charge in [0, 0.05) is 11.4 Å². The first kappa shape index (κ1) is 12.9. The van der Waals surface area contributed by atoms with Crippen LogP contribution in [0.25, 0.3) is 0 Å². The molecule has 0 aliphatic carbocycles. The van der Waals surface area contributed by atoms with Gasteiger partial charge in [-0.3, -0.25) is 4.79 Å². The maximum Gasteiger partial charge on any atom is 0.237 e. The number of nitrogens with one attached hydrogen (secondary N) is 2. The summed E-state index contributed by atoms with van der Waals surface area (Å²) in [5.41, 5.74) is 0. The molecule has 0 saturated carbocycles. The van der Waals surface area contributed by atoms with Crippen LogP contribution in [-0.4, -0.2) is 25.0 Å². The molecule has 17 heavy (non-hydrogen) atoms. The van der Waals surface area contributed by atoms with E-state index >= 15 is 0 Å². The fourth-order valence-corrected chi connectivity index (χ4v) is 3.08. The van der Waals surface area contributed by atoms with Crippen LogP contribution in [-0.2, 0) is 11.2 Å². The number of carbonyl (C=O) groups excluding carboxylic acids is 1. The molecule has 1 aliphatic rings. The Bertz CT molecular complexity index is 374. The molecule has 1 fully saturated rings. The van der Waals surface area contributed by atoms with Crippen LogP contribution in [0.15, 0.2) is 12.1 Å². The lowest BCUT2D eigenvalue weighted by molar-refractivity contribution is -0.123. The molecular formula is C12H17ClN2OS. The zero-order valence-electron chi connectivity index (χ0n) is 9.67. The number of carbonyl (C=O) groups is 1. The highest BCUT2D eigenvalue weighted by Gasteiger charge is 2.19. The van der Waals surface area contributed by atoms with E-state index in [1.165, 1.54) is 11.3 Å². The van der Waals surface area contributed by atoms with Crippen molar-refractivity contribution >= 4 is 28.8 Å². The molecule has 1 aromatic rings. The summed E-state index contributed by atoms with van der Waals surface area (Å²) in [6, 6.07) is 3.92. The molecule has 2 rings (SSSR count). The molecule has 0 unspecified atom stereocenters. The van der Waals surface area contributed by atoms with Gasteiger partial charge in [-0.15, -0.1) is 11.3 Å². The van der Waals surface area contributed by atoms with E-state index in [0.717, 1.165) is 30.1 Å². The van der Waals surface area contributed by atoms with E-state index < -0.39 is 0 Å². The zero-order valence-corrected chi connectivity index (χ0v) is 11.2. The van der Waals surface area contributed by atoms with Gasteiger partial charge in [0.2, 0.25) is 5.91 Å². The van der Waals surface area contributed by atoms with Crippen molar-refractivity contribution in [2.75, 3.05) is 13.1 Å². The summed E-state index contributed by atoms with van der Waals surface area (Å²) in [6.45, 7) is 1.65. The summed E-state index contributed by atoms with van der Waals surface area (Å²) in [5, 5.41) is 6.21. The predicted molar refractivity (Wildman–Crippen MR) is 71.7 cm³/mol. The molecule has 0 bridgehead atoms. The second kappa shape index (κ2) is 6.38. The van der Waals surface area contributed by atoms with E-state index in [1.54, 1.807) is 11.3 Å². The number of hydrogen-bond donors (Lipinski definition) is 2. The van der Waals surface area contributed by atoms with Gasteiger partial charge < -0.3 is 10.6 Å². The van der Waals surface area contributed by atoms with Gasteiger partial charge in [0.25, 0.3) is 0 Å². The van der Waals surface area contributed by atoms with Gasteiger partial charge in [-0.1, -0.05) is 18.0 Å². The molecule has 1 amide bonds. The Balaban J connectivity index is 1.69. The number of thiophene rings is 1. The Morgan fingerprint density at radius 2 is 2.41 bits per heavy atom. The van der Waals surface area contributed by atoms with Crippen LogP contribution in [0.1, 0.15) is 24.1 Å². The normalized spacial score (nSPS) is 20.2. The summed E-state index contributed by atoms with van der Waals surface area (Å²) in [7, 11) is 0. The van der Waals surface area contributed by atoms with Crippen LogP contribution in [0, 0.1) is 0 Å². The smallest absolute Gasteiger partial charge is 0.237 e. The Hall–Kier alpha value is -0.580. The lowest BCUT2D eigenvalue weighted by Gasteiger charge is -2.22. The van der Waals surface area contributed by atoms with Crippen molar-refractivity contribution in [3.8, 4) is 0 Å².